The Morgan fingerprint density at radius 1 is 1.50 bits per heavy atom. The predicted octanol–water partition coefficient (Wildman–Crippen LogP) is 2.53. The van der Waals surface area contributed by atoms with Gasteiger partial charge in [0.15, 0.2) is 0 Å². The third-order valence-corrected chi connectivity index (χ3v) is 1.76. The lowest BCUT2D eigenvalue weighted by molar-refractivity contribution is 0.121. The highest BCUT2D eigenvalue weighted by molar-refractivity contribution is 5.64. The van der Waals surface area contributed by atoms with Gasteiger partial charge in [0.1, 0.15) is 11.6 Å². The summed E-state index contributed by atoms with van der Waals surface area (Å²) in [7, 11) is 1.22. The van der Waals surface area contributed by atoms with Crippen LogP contribution in [0.3, 0.4) is 0 Å². The predicted molar refractivity (Wildman–Crippen MR) is 48.8 cm³/mol. The van der Waals surface area contributed by atoms with E-state index in [1.165, 1.54) is 25.3 Å². The van der Waals surface area contributed by atoms with Crippen LogP contribution in [0.15, 0.2) is 18.2 Å². The molecule has 0 aliphatic carbocycles. The fourth-order valence-electron chi connectivity index (χ4n) is 1.06. The Morgan fingerprint density at radius 2 is 2.21 bits per heavy atom. The second-order valence-electron chi connectivity index (χ2n) is 2.66. The molecule has 4 heteroatoms. The van der Waals surface area contributed by atoms with Gasteiger partial charge in [-0.3, -0.25) is 0 Å². The lowest BCUT2D eigenvalue weighted by Crippen LogP contribution is -2.08. The topological polar surface area (TPSA) is 35.5 Å². The summed E-state index contributed by atoms with van der Waals surface area (Å²) in [6, 6.07) is 3.97. The second kappa shape index (κ2) is 4.60. The molecule has 0 aliphatic heterocycles. The quantitative estimate of drug-likeness (QED) is 0.541. The van der Waals surface area contributed by atoms with Gasteiger partial charge in [-0.2, -0.15) is 0 Å². The second-order valence-corrected chi connectivity index (χ2v) is 2.66. The highest BCUT2D eigenvalue weighted by atomic mass is 19.1. The molecule has 0 atom stereocenters. The van der Waals surface area contributed by atoms with Gasteiger partial charge in [-0.15, -0.1) is 0 Å². The number of aryl methyl sites for hydroxylation is 1. The van der Waals surface area contributed by atoms with Crippen molar-refractivity contribution in [3.63, 3.8) is 0 Å². The molecule has 0 bridgehead atoms. The molecule has 0 fully saturated rings. The van der Waals surface area contributed by atoms with Crippen molar-refractivity contribution >= 4 is 6.16 Å². The van der Waals surface area contributed by atoms with Gasteiger partial charge in [0, 0.05) is 0 Å². The standard InChI is InChI=1S/C10H11FO3/c1-3-7-6-8(11)4-5-9(7)14-10(12)13-2/h4-6H,3H2,1-2H3. The van der Waals surface area contributed by atoms with E-state index in [0.29, 0.717) is 17.7 Å². The fraction of sp³-hybridized carbons (Fsp3) is 0.300. The van der Waals surface area contributed by atoms with Gasteiger partial charge in [0.25, 0.3) is 0 Å². The molecule has 0 unspecified atom stereocenters. The minimum absolute atomic E-state index is 0.334. The average molecular weight is 198 g/mol. The molecular weight excluding hydrogens is 187 g/mol. The van der Waals surface area contributed by atoms with Crippen LogP contribution in [-0.2, 0) is 11.2 Å². The molecule has 1 aromatic carbocycles. The van der Waals surface area contributed by atoms with Crippen LogP contribution in [0, 0.1) is 5.82 Å². The van der Waals surface area contributed by atoms with Crippen LogP contribution in [0.4, 0.5) is 9.18 Å². The van der Waals surface area contributed by atoms with Crippen molar-refractivity contribution in [1.29, 1.82) is 0 Å². The van der Waals surface area contributed by atoms with Gasteiger partial charge < -0.3 is 9.47 Å². The summed E-state index contributed by atoms with van der Waals surface area (Å²) in [5.74, 6) is -0.0141. The molecule has 0 spiro atoms. The average Bonchev–Trinajstić information content (AvgIpc) is 2.20. The number of carbonyl (C=O) groups is 1. The smallest absolute Gasteiger partial charge is 0.437 e. The van der Waals surface area contributed by atoms with Gasteiger partial charge in [-0.1, -0.05) is 6.92 Å². The highest BCUT2D eigenvalue weighted by Crippen LogP contribution is 2.20. The first-order valence-corrected chi connectivity index (χ1v) is 4.21. The molecule has 0 amide bonds. The van der Waals surface area contributed by atoms with E-state index in [0.717, 1.165) is 0 Å². The third-order valence-electron chi connectivity index (χ3n) is 1.76. The number of ether oxygens (including phenoxy) is 2. The summed E-state index contributed by atoms with van der Waals surface area (Å²) in [6.45, 7) is 1.85. The zero-order chi connectivity index (χ0) is 10.6. The maximum absolute atomic E-state index is 12.8. The first kappa shape index (κ1) is 10.5. The van der Waals surface area contributed by atoms with Crippen LogP contribution in [0.5, 0.6) is 5.75 Å². The summed E-state index contributed by atoms with van der Waals surface area (Å²) in [4.78, 5) is 10.8. The summed E-state index contributed by atoms with van der Waals surface area (Å²) in [5, 5.41) is 0. The highest BCUT2D eigenvalue weighted by Gasteiger charge is 2.08. The molecule has 14 heavy (non-hydrogen) atoms. The molecule has 76 valence electrons. The normalized spacial score (nSPS) is 9.64. The molecular formula is C10H11FO3. The van der Waals surface area contributed by atoms with E-state index in [1.807, 2.05) is 6.92 Å². The van der Waals surface area contributed by atoms with Crippen LogP contribution in [0.2, 0.25) is 0 Å². The molecule has 0 aliphatic rings. The molecule has 0 aromatic heterocycles. The summed E-state index contributed by atoms with van der Waals surface area (Å²) in [6.07, 6.45) is -0.212. The molecule has 0 N–H and O–H groups in total. The van der Waals surface area contributed by atoms with Crippen molar-refractivity contribution in [2.45, 2.75) is 13.3 Å². The maximum atomic E-state index is 12.8. The number of hydrogen-bond donors (Lipinski definition) is 0. The SMILES string of the molecule is CCc1cc(F)ccc1OC(=O)OC. The summed E-state index contributed by atoms with van der Waals surface area (Å²) >= 11 is 0. The van der Waals surface area contributed by atoms with Gasteiger partial charge in [0.2, 0.25) is 0 Å². The third kappa shape index (κ3) is 2.45. The Bertz CT molecular complexity index is 336. The minimum Gasteiger partial charge on any atom is -0.437 e. The van der Waals surface area contributed by atoms with E-state index in [-0.39, 0.29) is 5.82 Å². The zero-order valence-electron chi connectivity index (χ0n) is 8.04. The number of halogens is 1. The van der Waals surface area contributed by atoms with Crippen molar-refractivity contribution in [2.75, 3.05) is 7.11 Å². The van der Waals surface area contributed by atoms with Crippen LogP contribution < -0.4 is 4.74 Å². The van der Waals surface area contributed by atoms with Crippen LogP contribution in [0.1, 0.15) is 12.5 Å². The lowest BCUT2D eigenvalue weighted by atomic mass is 10.1. The molecule has 0 saturated heterocycles. The number of methoxy groups -OCH3 is 1. The fourth-order valence-corrected chi connectivity index (χ4v) is 1.06. The summed E-state index contributed by atoms with van der Waals surface area (Å²) in [5.41, 5.74) is 0.635. The van der Waals surface area contributed by atoms with Crippen LogP contribution >= 0.6 is 0 Å². The minimum atomic E-state index is -0.800. The Hall–Kier alpha value is -1.58. The maximum Gasteiger partial charge on any atom is 0.513 e. The van der Waals surface area contributed by atoms with Crippen molar-refractivity contribution in [3.8, 4) is 5.75 Å². The largest absolute Gasteiger partial charge is 0.513 e. The Morgan fingerprint density at radius 3 is 2.79 bits per heavy atom. The summed E-state index contributed by atoms with van der Waals surface area (Å²) < 4.78 is 21.9. The first-order chi connectivity index (χ1) is 6.67. The molecule has 3 nitrogen and oxygen atoms in total. The van der Waals surface area contributed by atoms with E-state index in [1.54, 1.807) is 0 Å². The Kier molecular flexibility index (Phi) is 3.45. The first-order valence-electron chi connectivity index (χ1n) is 4.21. The number of hydrogen-bond acceptors (Lipinski definition) is 3. The molecule has 1 rings (SSSR count). The number of rotatable bonds is 2. The number of benzene rings is 1. The van der Waals surface area contributed by atoms with E-state index in [4.69, 9.17) is 4.74 Å². The molecule has 0 saturated carbocycles. The van der Waals surface area contributed by atoms with Crippen molar-refractivity contribution in [3.05, 3.63) is 29.6 Å². The van der Waals surface area contributed by atoms with Crippen LogP contribution in [-0.4, -0.2) is 13.3 Å². The van der Waals surface area contributed by atoms with Gasteiger partial charge in [0.05, 0.1) is 7.11 Å². The van der Waals surface area contributed by atoms with E-state index in [9.17, 15) is 9.18 Å². The van der Waals surface area contributed by atoms with Crippen molar-refractivity contribution < 1.29 is 18.7 Å². The molecule has 0 heterocycles. The van der Waals surface area contributed by atoms with Crippen molar-refractivity contribution in [1.82, 2.24) is 0 Å². The van der Waals surface area contributed by atoms with E-state index >= 15 is 0 Å². The van der Waals surface area contributed by atoms with E-state index in [2.05, 4.69) is 4.74 Å². The molecule has 0 radical (unpaired) electrons. The van der Waals surface area contributed by atoms with E-state index < -0.39 is 6.16 Å². The Labute approximate surface area is 81.4 Å². The zero-order valence-corrected chi connectivity index (χ0v) is 8.04. The molecule has 1 aromatic rings. The van der Waals surface area contributed by atoms with Crippen molar-refractivity contribution in [2.24, 2.45) is 0 Å². The van der Waals surface area contributed by atoms with Gasteiger partial charge in [-0.25, -0.2) is 9.18 Å². The number of carbonyl (C=O) groups excluding carboxylic acids is 1. The Balaban J connectivity index is 2.90. The lowest BCUT2D eigenvalue weighted by Gasteiger charge is -2.07. The van der Waals surface area contributed by atoms with Crippen LogP contribution in [0.25, 0.3) is 0 Å². The van der Waals surface area contributed by atoms with Gasteiger partial charge >= 0.3 is 6.16 Å². The van der Waals surface area contributed by atoms with Gasteiger partial charge in [-0.05, 0) is 30.2 Å². The monoisotopic (exact) mass is 198 g/mol.